The highest BCUT2D eigenvalue weighted by Crippen LogP contribution is 2.45. The van der Waals surface area contributed by atoms with Crippen molar-refractivity contribution in [2.24, 2.45) is 5.92 Å². The number of rotatable bonds is 8. The van der Waals surface area contributed by atoms with Crippen LogP contribution >= 0.6 is 23.1 Å². The van der Waals surface area contributed by atoms with E-state index in [0.29, 0.717) is 28.6 Å². The minimum atomic E-state index is -0.573. The van der Waals surface area contributed by atoms with Crippen LogP contribution in [-0.2, 0) is 32.0 Å². The first-order valence-corrected chi connectivity index (χ1v) is 13.8. The minimum absolute atomic E-state index is 0.0365. The van der Waals surface area contributed by atoms with E-state index in [9.17, 15) is 19.2 Å². The molecule has 1 saturated heterocycles. The van der Waals surface area contributed by atoms with Gasteiger partial charge in [0.25, 0.3) is 0 Å². The molecule has 0 unspecified atom stereocenters. The van der Waals surface area contributed by atoms with Crippen LogP contribution in [0.15, 0.2) is 29.2 Å². The Bertz CT molecular complexity index is 1140. The Balaban J connectivity index is 1.54. The molecule has 0 radical (unpaired) electrons. The number of ether oxygens (including phenoxy) is 1. The van der Waals surface area contributed by atoms with Gasteiger partial charge >= 0.3 is 5.97 Å². The lowest BCUT2D eigenvalue weighted by molar-refractivity contribution is -0.121. The fourth-order valence-corrected chi connectivity index (χ4v) is 7.02. The maximum absolute atomic E-state index is 13.4. The van der Waals surface area contributed by atoms with Crippen LogP contribution in [0.4, 0.5) is 10.7 Å². The fraction of sp³-hybridized carbons (Fsp3) is 0.462. The van der Waals surface area contributed by atoms with Crippen molar-refractivity contribution in [3.05, 3.63) is 40.3 Å². The van der Waals surface area contributed by atoms with Gasteiger partial charge in [0.1, 0.15) is 5.00 Å². The lowest BCUT2D eigenvalue weighted by Crippen LogP contribution is -2.32. The zero-order valence-corrected chi connectivity index (χ0v) is 21.9. The van der Waals surface area contributed by atoms with Crippen LogP contribution in [0.2, 0.25) is 0 Å². The number of imide groups is 1. The van der Waals surface area contributed by atoms with Crippen LogP contribution < -0.4 is 10.2 Å². The molecular formula is C26H30N2O5S2. The molecule has 0 bridgehead atoms. The molecule has 1 fully saturated rings. The number of thiophene rings is 1. The van der Waals surface area contributed by atoms with Gasteiger partial charge in [-0.05, 0) is 68.4 Å². The largest absolute Gasteiger partial charge is 0.462 e. The number of hydrogen-bond donors (Lipinski definition) is 1. The Hall–Kier alpha value is -2.65. The van der Waals surface area contributed by atoms with Gasteiger partial charge in [0.15, 0.2) is 0 Å². The summed E-state index contributed by atoms with van der Waals surface area (Å²) in [5.74, 6) is -0.616. The van der Waals surface area contributed by atoms with E-state index in [1.54, 1.807) is 19.1 Å². The molecule has 7 nitrogen and oxygen atoms in total. The van der Waals surface area contributed by atoms with Gasteiger partial charge in [-0.25, -0.2) is 9.69 Å². The van der Waals surface area contributed by atoms with Gasteiger partial charge < -0.3 is 10.1 Å². The molecule has 3 amide bonds. The first kappa shape index (κ1) is 25.4. The van der Waals surface area contributed by atoms with E-state index in [1.165, 1.54) is 28.0 Å². The van der Waals surface area contributed by atoms with Gasteiger partial charge in [-0.1, -0.05) is 13.8 Å². The molecule has 35 heavy (non-hydrogen) atoms. The number of benzene rings is 1. The first-order chi connectivity index (χ1) is 16.8. The quantitative estimate of drug-likeness (QED) is 0.384. The fourth-order valence-electron chi connectivity index (χ4n) is 4.45. The molecule has 2 atom stereocenters. The third-order valence-electron chi connectivity index (χ3n) is 6.17. The number of hydrogen-bond acceptors (Lipinski definition) is 7. The van der Waals surface area contributed by atoms with Crippen molar-refractivity contribution < 1.29 is 23.9 Å². The Morgan fingerprint density at radius 2 is 1.91 bits per heavy atom. The maximum Gasteiger partial charge on any atom is 0.341 e. The molecule has 1 N–H and O–H groups in total. The number of anilines is 2. The molecule has 0 spiro atoms. The molecule has 1 aromatic heterocycles. The normalized spacial score (nSPS) is 19.6. The van der Waals surface area contributed by atoms with Crippen LogP contribution in [0.1, 0.15) is 67.3 Å². The average molecular weight is 515 g/mol. The lowest BCUT2D eigenvalue weighted by Gasteiger charge is -2.18. The highest BCUT2D eigenvalue weighted by atomic mass is 32.2. The summed E-state index contributed by atoms with van der Waals surface area (Å²) in [5.41, 5.74) is 2.01. The Kier molecular flexibility index (Phi) is 7.96. The Morgan fingerprint density at radius 1 is 1.17 bits per heavy atom. The van der Waals surface area contributed by atoms with E-state index in [-0.39, 0.29) is 30.7 Å². The molecule has 186 valence electrons. The number of carbonyl (C=O) groups excluding carboxylic acids is 4. The molecule has 1 aliphatic heterocycles. The number of nitrogens with zero attached hydrogens (tertiary/aromatic N) is 1. The predicted octanol–water partition coefficient (Wildman–Crippen LogP) is 5.21. The highest BCUT2D eigenvalue weighted by molar-refractivity contribution is 8.00. The second-order valence-corrected chi connectivity index (χ2v) is 11.3. The topological polar surface area (TPSA) is 92.8 Å². The summed E-state index contributed by atoms with van der Waals surface area (Å²) in [6.07, 6.45) is 3.85. The molecule has 0 saturated carbocycles. The van der Waals surface area contributed by atoms with Crippen molar-refractivity contribution in [2.75, 3.05) is 16.8 Å². The van der Waals surface area contributed by atoms with Crippen molar-refractivity contribution in [1.82, 2.24) is 0 Å². The average Bonchev–Trinajstić information content (AvgIpc) is 3.31. The summed E-state index contributed by atoms with van der Waals surface area (Å²) in [6.45, 7) is 6.10. The van der Waals surface area contributed by atoms with Crippen LogP contribution in [0.25, 0.3) is 0 Å². The van der Waals surface area contributed by atoms with Gasteiger partial charge in [0.2, 0.25) is 17.7 Å². The van der Waals surface area contributed by atoms with Crippen molar-refractivity contribution in [3.8, 4) is 0 Å². The van der Waals surface area contributed by atoms with Crippen LogP contribution in [0, 0.1) is 5.92 Å². The first-order valence-electron chi connectivity index (χ1n) is 12.1. The van der Waals surface area contributed by atoms with Crippen LogP contribution in [0.3, 0.4) is 0 Å². The SMILES string of the molecule is CCCC(=O)Nc1ccc(S[C@H]2CC(=O)N(c3sc4c(c3C(=O)OCC)CC[C@H](C)C4)C2=O)cc1. The number of carbonyl (C=O) groups is 4. The molecule has 2 aromatic rings. The van der Waals surface area contributed by atoms with Crippen molar-refractivity contribution in [3.63, 3.8) is 0 Å². The van der Waals surface area contributed by atoms with Crippen molar-refractivity contribution in [1.29, 1.82) is 0 Å². The van der Waals surface area contributed by atoms with E-state index in [4.69, 9.17) is 4.74 Å². The van der Waals surface area contributed by atoms with E-state index >= 15 is 0 Å². The van der Waals surface area contributed by atoms with Gasteiger partial charge in [-0.2, -0.15) is 0 Å². The summed E-state index contributed by atoms with van der Waals surface area (Å²) < 4.78 is 5.31. The zero-order chi connectivity index (χ0) is 25.1. The summed E-state index contributed by atoms with van der Waals surface area (Å²) in [4.78, 5) is 54.2. The number of fused-ring (bicyclic) bond motifs is 1. The maximum atomic E-state index is 13.4. The van der Waals surface area contributed by atoms with Gasteiger partial charge in [0.05, 0.1) is 17.4 Å². The van der Waals surface area contributed by atoms with Gasteiger partial charge in [-0.15, -0.1) is 23.1 Å². The summed E-state index contributed by atoms with van der Waals surface area (Å²) in [7, 11) is 0. The molecule has 4 rings (SSSR count). The summed E-state index contributed by atoms with van der Waals surface area (Å²) in [6, 6.07) is 7.26. The molecule has 9 heteroatoms. The Labute approximate surface area is 213 Å². The molecule has 1 aliphatic carbocycles. The monoisotopic (exact) mass is 514 g/mol. The van der Waals surface area contributed by atoms with Crippen LogP contribution in [-0.4, -0.2) is 35.5 Å². The van der Waals surface area contributed by atoms with Crippen LogP contribution in [0.5, 0.6) is 0 Å². The lowest BCUT2D eigenvalue weighted by atomic mass is 9.88. The third-order valence-corrected chi connectivity index (χ3v) is 8.61. The van der Waals surface area contributed by atoms with E-state index in [1.807, 2.05) is 19.1 Å². The van der Waals surface area contributed by atoms with E-state index < -0.39 is 11.2 Å². The molecule has 1 aromatic carbocycles. The molecular weight excluding hydrogens is 484 g/mol. The number of thioether (sulfide) groups is 1. The van der Waals surface area contributed by atoms with Gasteiger partial charge in [-0.3, -0.25) is 14.4 Å². The highest BCUT2D eigenvalue weighted by Gasteiger charge is 2.44. The van der Waals surface area contributed by atoms with E-state index in [2.05, 4.69) is 12.2 Å². The second-order valence-electron chi connectivity index (χ2n) is 8.95. The number of esters is 1. The van der Waals surface area contributed by atoms with Crippen molar-refractivity contribution in [2.45, 2.75) is 69.4 Å². The number of amides is 3. The second kappa shape index (κ2) is 11.0. The number of nitrogens with one attached hydrogen (secondary N) is 1. The minimum Gasteiger partial charge on any atom is -0.462 e. The standard InChI is InChI=1S/C26H30N2O5S2/c1-4-6-21(29)27-16-8-10-17(11-9-16)34-20-14-22(30)28(24(20)31)25-23(26(32)33-5-2)18-12-7-15(3)13-19(18)35-25/h8-11,15,20H,4-7,12-14H2,1-3H3,(H,27,29)/t15-,20-/m0/s1. The van der Waals surface area contributed by atoms with Gasteiger partial charge in [0, 0.05) is 28.3 Å². The summed E-state index contributed by atoms with van der Waals surface area (Å²) in [5, 5.41) is 2.68. The Morgan fingerprint density at radius 3 is 2.60 bits per heavy atom. The third kappa shape index (κ3) is 5.46. The molecule has 2 heterocycles. The van der Waals surface area contributed by atoms with Crippen molar-refractivity contribution >= 4 is 57.5 Å². The smallest absolute Gasteiger partial charge is 0.341 e. The summed E-state index contributed by atoms with van der Waals surface area (Å²) >= 11 is 2.70. The predicted molar refractivity (Wildman–Crippen MR) is 138 cm³/mol. The zero-order valence-electron chi connectivity index (χ0n) is 20.2. The molecule has 2 aliphatic rings. The van der Waals surface area contributed by atoms with E-state index in [0.717, 1.165) is 41.0 Å².